The summed E-state index contributed by atoms with van der Waals surface area (Å²) in [7, 11) is 0. The maximum atomic E-state index is 12.5. The summed E-state index contributed by atoms with van der Waals surface area (Å²) in [6.45, 7) is 0.705. The van der Waals surface area contributed by atoms with E-state index in [2.05, 4.69) is 5.32 Å². The van der Waals surface area contributed by atoms with Crippen LogP contribution in [0, 0.1) is 11.8 Å². The Morgan fingerprint density at radius 2 is 2.23 bits per heavy atom. The van der Waals surface area contributed by atoms with Gasteiger partial charge in [0, 0.05) is 24.8 Å². The fourth-order valence-electron chi connectivity index (χ4n) is 1.93. The van der Waals surface area contributed by atoms with E-state index in [1.807, 2.05) is 0 Å². The fraction of sp³-hybridized carbons (Fsp3) is 0.889. The highest BCUT2D eigenvalue weighted by atomic mass is 19.3. The molecule has 0 aromatic heterocycles. The minimum absolute atomic E-state index is 0.0171. The second kappa shape index (κ2) is 2.93. The highest BCUT2D eigenvalue weighted by Crippen LogP contribution is 2.52. The van der Waals surface area contributed by atoms with Gasteiger partial charge in [0.2, 0.25) is 5.91 Å². The Labute approximate surface area is 75.7 Å². The SMILES string of the molecule is O=C1NCCCC1CC1CC1(F)F. The standard InChI is InChI=1S/C9H13F2NO/c10-9(11)5-7(9)4-6-2-1-3-12-8(6)13/h6-7H,1-5H2,(H,12,13). The molecule has 1 N–H and O–H groups in total. The summed E-state index contributed by atoms with van der Waals surface area (Å²) in [5.74, 6) is -3.19. The minimum Gasteiger partial charge on any atom is -0.356 e. The second-order valence-corrected chi connectivity index (χ2v) is 4.03. The Morgan fingerprint density at radius 3 is 2.77 bits per heavy atom. The van der Waals surface area contributed by atoms with Crippen molar-refractivity contribution < 1.29 is 13.6 Å². The lowest BCUT2D eigenvalue weighted by atomic mass is 9.93. The lowest BCUT2D eigenvalue weighted by molar-refractivity contribution is -0.127. The molecule has 1 aliphatic heterocycles. The number of rotatable bonds is 2. The van der Waals surface area contributed by atoms with Crippen LogP contribution in [0.2, 0.25) is 0 Å². The van der Waals surface area contributed by atoms with Crippen LogP contribution in [0.3, 0.4) is 0 Å². The summed E-state index contributed by atoms with van der Waals surface area (Å²) in [5.41, 5.74) is 0. The number of carbonyl (C=O) groups is 1. The molecule has 1 heterocycles. The van der Waals surface area contributed by atoms with E-state index in [-0.39, 0.29) is 18.2 Å². The van der Waals surface area contributed by atoms with Crippen molar-refractivity contribution in [3.63, 3.8) is 0 Å². The highest BCUT2D eigenvalue weighted by molar-refractivity contribution is 5.79. The third kappa shape index (κ3) is 1.81. The normalized spacial score (nSPS) is 36.9. The van der Waals surface area contributed by atoms with Gasteiger partial charge in [-0.15, -0.1) is 0 Å². The van der Waals surface area contributed by atoms with Crippen molar-refractivity contribution >= 4 is 5.91 Å². The third-order valence-corrected chi connectivity index (χ3v) is 2.92. The van der Waals surface area contributed by atoms with Crippen molar-refractivity contribution in [1.29, 1.82) is 0 Å². The van der Waals surface area contributed by atoms with Gasteiger partial charge in [0.15, 0.2) is 0 Å². The first kappa shape index (κ1) is 8.91. The Balaban J connectivity index is 1.84. The van der Waals surface area contributed by atoms with E-state index in [4.69, 9.17) is 0 Å². The molecule has 0 aromatic rings. The van der Waals surface area contributed by atoms with Crippen LogP contribution >= 0.6 is 0 Å². The second-order valence-electron chi connectivity index (χ2n) is 4.03. The van der Waals surface area contributed by atoms with Crippen molar-refractivity contribution in [3.05, 3.63) is 0 Å². The van der Waals surface area contributed by atoms with Gasteiger partial charge in [-0.25, -0.2) is 8.78 Å². The molecule has 0 bridgehead atoms. The van der Waals surface area contributed by atoms with E-state index in [1.165, 1.54) is 0 Å². The molecule has 1 saturated carbocycles. The predicted octanol–water partition coefficient (Wildman–Crippen LogP) is 1.56. The molecule has 2 fully saturated rings. The van der Waals surface area contributed by atoms with Crippen molar-refractivity contribution in [2.45, 2.75) is 31.6 Å². The van der Waals surface area contributed by atoms with Gasteiger partial charge in [0.05, 0.1) is 0 Å². The third-order valence-electron chi connectivity index (χ3n) is 2.92. The maximum absolute atomic E-state index is 12.5. The molecule has 0 radical (unpaired) electrons. The van der Waals surface area contributed by atoms with Gasteiger partial charge >= 0.3 is 0 Å². The average Bonchev–Trinajstić information content (AvgIpc) is 2.64. The number of halogens is 2. The van der Waals surface area contributed by atoms with Crippen LogP contribution < -0.4 is 5.32 Å². The fourth-order valence-corrected chi connectivity index (χ4v) is 1.93. The average molecular weight is 189 g/mol. The molecule has 2 aliphatic rings. The molecule has 13 heavy (non-hydrogen) atoms. The van der Waals surface area contributed by atoms with Crippen LogP contribution in [-0.4, -0.2) is 18.4 Å². The molecule has 1 saturated heterocycles. The largest absolute Gasteiger partial charge is 0.356 e. The van der Waals surface area contributed by atoms with E-state index >= 15 is 0 Å². The van der Waals surface area contributed by atoms with E-state index in [0.29, 0.717) is 13.0 Å². The maximum Gasteiger partial charge on any atom is 0.251 e. The Hall–Kier alpha value is -0.670. The number of hydrogen-bond donors (Lipinski definition) is 1. The smallest absolute Gasteiger partial charge is 0.251 e. The molecule has 0 spiro atoms. The van der Waals surface area contributed by atoms with Crippen LogP contribution in [0.5, 0.6) is 0 Å². The number of alkyl halides is 2. The van der Waals surface area contributed by atoms with E-state index in [9.17, 15) is 13.6 Å². The highest BCUT2D eigenvalue weighted by Gasteiger charge is 2.57. The van der Waals surface area contributed by atoms with Crippen LogP contribution in [0.4, 0.5) is 8.78 Å². The summed E-state index contributed by atoms with van der Waals surface area (Å²) < 4.78 is 25.1. The molecule has 2 atom stereocenters. The van der Waals surface area contributed by atoms with E-state index in [1.54, 1.807) is 0 Å². The summed E-state index contributed by atoms with van der Waals surface area (Å²) in [4.78, 5) is 11.2. The Kier molecular flexibility index (Phi) is 2.00. The number of piperidine rings is 1. The minimum atomic E-state index is -2.47. The van der Waals surface area contributed by atoms with Gasteiger partial charge in [-0.05, 0) is 19.3 Å². The molecular formula is C9H13F2NO. The van der Waals surface area contributed by atoms with Gasteiger partial charge < -0.3 is 5.32 Å². The van der Waals surface area contributed by atoms with Crippen LogP contribution in [0.25, 0.3) is 0 Å². The topological polar surface area (TPSA) is 29.1 Å². The van der Waals surface area contributed by atoms with Crippen molar-refractivity contribution in [2.75, 3.05) is 6.54 Å². The molecule has 2 rings (SSSR count). The molecule has 1 aliphatic carbocycles. The first-order valence-corrected chi connectivity index (χ1v) is 4.75. The van der Waals surface area contributed by atoms with Crippen LogP contribution in [0.1, 0.15) is 25.7 Å². The van der Waals surface area contributed by atoms with Crippen molar-refractivity contribution in [3.8, 4) is 0 Å². The zero-order valence-corrected chi connectivity index (χ0v) is 7.35. The molecule has 2 nitrogen and oxygen atoms in total. The van der Waals surface area contributed by atoms with Gasteiger partial charge in [-0.3, -0.25) is 4.79 Å². The first-order chi connectivity index (χ1) is 6.09. The van der Waals surface area contributed by atoms with Gasteiger partial charge in [0.25, 0.3) is 5.92 Å². The summed E-state index contributed by atoms with van der Waals surface area (Å²) in [6.07, 6.45) is 2.06. The predicted molar refractivity (Wildman–Crippen MR) is 43.4 cm³/mol. The lowest BCUT2D eigenvalue weighted by Gasteiger charge is -2.21. The molecule has 4 heteroatoms. The Morgan fingerprint density at radius 1 is 1.54 bits per heavy atom. The number of amides is 1. The Bertz CT molecular complexity index is 230. The van der Waals surface area contributed by atoms with E-state index in [0.717, 1.165) is 12.8 Å². The van der Waals surface area contributed by atoms with Crippen molar-refractivity contribution in [1.82, 2.24) is 5.32 Å². The van der Waals surface area contributed by atoms with Gasteiger partial charge in [-0.2, -0.15) is 0 Å². The number of hydrogen-bond acceptors (Lipinski definition) is 1. The monoisotopic (exact) mass is 189 g/mol. The molecule has 1 amide bonds. The molecular weight excluding hydrogens is 176 g/mol. The van der Waals surface area contributed by atoms with Gasteiger partial charge in [-0.1, -0.05) is 0 Å². The summed E-state index contributed by atoms with van der Waals surface area (Å²) in [6, 6.07) is 0. The van der Waals surface area contributed by atoms with Gasteiger partial charge in [0.1, 0.15) is 0 Å². The van der Waals surface area contributed by atoms with Crippen LogP contribution in [0.15, 0.2) is 0 Å². The number of nitrogens with one attached hydrogen (secondary N) is 1. The molecule has 2 unspecified atom stereocenters. The molecule has 74 valence electrons. The number of carbonyl (C=O) groups excluding carboxylic acids is 1. The summed E-state index contributed by atoms with van der Waals surface area (Å²) >= 11 is 0. The zero-order valence-electron chi connectivity index (χ0n) is 7.35. The first-order valence-electron chi connectivity index (χ1n) is 4.75. The molecule has 0 aromatic carbocycles. The van der Waals surface area contributed by atoms with E-state index < -0.39 is 11.8 Å². The van der Waals surface area contributed by atoms with Crippen LogP contribution in [-0.2, 0) is 4.79 Å². The summed E-state index contributed by atoms with van der Waals surface area (Å²) in [5, 5.41) is 2.71. The van der Waals surface area contributed by atoms with Crippen molar-refractivity contribution in [2.24, 2.45) is 11.8 Å². The lowest BCUT2D eigenvalue weighted by Crippen LogP contribution is -2.36. The zero-order chi connectivity index (χ0) is 9.47. The quantitative estimate of drug-likeness (QED) is 0.701.